The Morgan fingerprint density at radius 2 is 1.55 bits per heavy atom. The Morgan fingerprint density at radius 1 is 0.950 bits per heavy atom. The lowest BCUT2D eigenvalue weighted by molar-refractivity contribution is 0.000554. The largest absolute Gasteiger partial charge is 0.399 e. The number of nitrogens with two attached hydrogens (primary N) is 1. The summed E-state index contributed by atoms with van der Waals surface area (Å²) in [6, 6.07) is 4.55. The summed E-state index contributed by atoms with van der Waals surface area (Å²) < 4.78 is 34.1. The van der Waals surface area contributed by atoms with Crippen LogP contribution in [0, 0.1) is 5.82 Å². The van der Waals surface area contributed by atoms with Gasteiger partial charge in [0.2, 0.25) is 0 Å². The Bertz CT molecular complexity index is 376. The Kier molecular flexibility index (Phi) is 8.90. The van der Waals surface area contributed by atoms with E-state index in [1.54, 1.807) is 19.2 Å². The monoisotopic (exact) mass is 287 g/mol. The van der Waals surface area contributed by atoms with Crippen molar-refractivity contribution < 1.29 is 23.3 Å². The van der Waals surface area contributed by atoms with Crippen LogP contribution in [-0.2, 0) is 25.6 Å². The molecule has 0 atom stereocenters. The summed E-state index contributed by atoms with van der Waals surface area (Å²) in [4.78, 5) is 0. The van der Waals surface area contributed by atoms with Crippen LogP contribution in [0.25, 0.3) is 0 Å². The predicted octanol–water partition coefficient (Wildman–Crippen LogP) is 1.60. The summed E-state index contributed by atoms with van der Waals surface area (Å²) >= 11 is 0. The van der Waals surface area contributed by atoms with Crippen molar-refractivity contribution in [2.24, 2.45) is 0 Å². The minimum absolute atomic E-state index is 0.208. The van der Waals surface area contributed by atoms with Gasteiger partial charge in [0, 0.05) is 18.4 Å². The van der Waals surface area contributed by atoms with E-state index in [0.29, 0.717) is 50.9 Å². The molecule has 0 bridgehead atoms. The molecule has 2 N–H and O–H groups in total. The van der Waals surface area contributed by atoms with E-state index in [1.807, 2.05) is 0 Å². The lowest BCUT2D eigenvalue weighted by Crippen LogP contribution is -2.11. The van der Waals surface area contributed by atoms with Crippen LogP contribution in [-0.4, -0.2) is 46.8 Å². The molecular formula is C14H22FNO4. The number of nitrogen functional groups attached to an aromatic ring is 1. The van der Waals surface area contributed by atoms with Crippen LogP contribution in [0.5, 0.6) is 0 Å². The van der Waals surface area contributed by atoms with E-state index in [2.05, 4.69) is 0 Å². The zero-order valence-corrected chi connectivity index (χ0v) is 11.8. The normalized spacial score (nSPS) is 10.9. The first-order valence-electron chi connectivity index (χ1n) is 6.50. The summed E-state index contributed by atoms with van der Waals surface area (Å²) in [6.07, 6.45) is 0. The third-order valence-electron chi connectivity index (χ3n) is 2.51. The molecule has 0 saturated carbocycles. The van der Waals surface area contributed by atoms with Gasteiger partial charge in [0.15, 0.2) is 0 Å². The van der Waals surface area contributed by atoms with Crippen molar-refractivity contribution in [3.05, 3.63) is 29.6 Å². The zero-order chi connectivity index (χ0) is 14.6. The molecule has 0 unspecified atom stereocenters. The van der Waals surface area contributed by atoms with E-state index in [4.69, 9.17) is 24.7 Å². The van der Waals surface area contributed by atoms with Gasteiger partial charge in [-0.15, -0.1) is 0 Å². The standard InChI is InChI=1S/C14H22FNO4/c1-17-4-5-18-6-7-19-8-9-20-11-12-2-3-13(16)10-14(12)15/h2-3,10H,4-9,11,16H2,1H3. The third kappa shape index (κ3) is 7.40. The molecule has 1 rings (SSSR count). The number of hydrogen-bond acceptors (Lipinski definition) is 5. The van der Waals surface area contributed by atoms with Crippen LogP contribution in [0.3, 0.4) is 0 Å². The number of ether oxygens (including phenoxy) is 4. The van der Waals surface area contributed by atoms with Crippen molar-refractivity contribution in [1.29, 1.82) is 0 Å². The van der Waals surface area contributed by atoms with Gasteiger partial charge in [-0.05, 0) is 12.1 Å². The molecule has 0 saturated heterocycles. The summed E-state index contributed by atoms with van der Waals surface area (Å²) in [5.41, 5.74) is 6.35. The van der Waals surface area contributed by atoms with Gasteiger partial charge < -0.3 is 24.7 Å². The van der Waals surface area contributed by atoms with Crippen LogP contribution in [0.4, 0.5) is 10.1 Å². The zero-order valence-electron chi connectivity index (χ0n) is 11.8. The van der Waals surface area contributed by atoms with Gasteiger partial charge in [-0.3, -0.25) is 0 Å². The molecule has 114 valence electrons. The number of rotatable bonds is 11. The number of halogens is 1. The summed E-state index contributed by atoms with van der Waals surface area (Å²) in [6.45, 7) is 3.23. The molecule has 1 aromatic rings. The minimum Gasteiger partial charge on any atom is -0.399 e. The maximum Gasteiger partial charge on any atom is 0.130 e. The van der Waals surface area contributed by atoms with Crippen molar-refractivity contribution in [3.63, 3.8) is 0 Å². The molecule has 5 nitrogen and oxygen atoms in total. The number of hydrogen-bond donors (Lipinski definition) is 1. The molecule has 0 aromatic heterocycles. The van der Waals surface area contributed by atoms with Crippen LogP contribution in [0.15, 0.2) is 18.2 Å². The molecule has 0 aliphatic heterocycles. The average Bonchev–Trinajstić information content (AvgIpc) is 2.43. The van der Waals surface area contributed by atoms with Gasteiger partial charge in [-0.1, -0.05) is 6.07 Å². The molecule has 0 aliphatic rings. The predicted molar refractivity (Wildman–Crippen MR) is 74.0 cm³/mol. The SMILES string of the molecule is COCCOCCOCCOCc1ccc(N)cc1F. The highest BCUT2D eigenvalue weighted by atomic mass is 19.1. The Labute approximate surface area is 118 Å². The lowest BCUT2D eigenvalue weighted by atomic mass is 10.2. The van der Waals surface area contributed by atoms with Gasteiger partial charge in [0.05, 0.1) is 46.2 Å². The number of methoxy groups -OCH3 is 1. The fourth-order valence-corrected chi connectivity index (χ4v) is 1.44. The van der Waals surface area contributed by atoms with E-state index in [0.717, 1.165) is 0 Å². The second-order valence-corrected chi connectivity index (χ2v) is 4.12. The molecule has 0 spiro atoms. The number of benzene rings is 1. The molecule has 0 amide bonds. The molecule has 20 heavy (non-hydrogen) atoms. The first-order chi connectivity index (χ1) is 9.74. The fourth-order valence-electron chi connectivity index (χ4n) is 1.44. The van der Waals surface area contributed by atoms with Gasteiger partial charge >= 0.3 is 0 Å². The Morgan fingerprint density at radius 3 is 2.15 bits per heavy atom. The molecule has 0 aliphatic carbocycles. The quantitative estimate of drug-likeness (QED) is 0.495. The van der Waals surface area contributed by atoms with Crippen molar-refractivity contribution in [2.75, 3.05) is 52.5 Å². The van der Waals surface area contributed by atoms with Crippen molar-refractivity contribution in [1.82, 2.24) is 0 Å². The van der Waals surface area contributed by atoms with Gasteiger partial charge in [-0.25, -0.2) is 4.39 Å². The maximum atomic E-state index is 13.4. The molecule has 0 heterocycles. The summed E-state index contributed by atoms with van der Waals surface area (Å²) in [7, 11) is 1.63. The highest BCUT2D eigenvalue weighted by Crippen LogP contribution is 2.12. The van der Waals surface area contributed by atoms with Gasteiger partial charge in [0.1, 0.15) is 5.82 Å². The van der Waals surface area contributed by atoms with Crippen LogP contribution in [0.1, 0.15) is 5.56 Å². The van der Waals surface area contributed by atoms with E-state index in [-0.39, 0.29) is 12.4 Å². The first kappa shape index (κ1) is 16.8. The Balaban J connectivity index is 1.97. The average molecular weight is 287 g/mol. The highest BCUT2D eigenvalue weighted by Gasteiger charge is 2.02. The second-order valence-electron chi connectivity index (χ2n) is 4.12. The van der Waals surface area contributed by atoms with Crippen LogP contribution < -0.4 is 5.73 Å². The minimum atomic E-state index is -0.350. The highest BCUT2D eigenvalue weighted by molar-refractivity contribution is 5.40. The molecule has 0 fully saturated rings. The first-order valence-corrected chi connectivity index (χ1v) is 6.50. The van der Waals surface area contributed by atoms with E-state index < -0.39 is 0 Å². The van der Waals surface area contributed by atoms with E-state index in [1.165, 1.54) is 6.07 Å². The molecule has 1 aromatic carbocycles. The summed E-state index contributed by atoms with van der Waals surface area (Å²) in [5.74, 6) is -0.350. The van der Waals surface area contributed by atoms with Gasteiger partial charge in [0.25, 0.3) is 0 Å². The maximum absolute atomic E-state index is 13.4. The topological polar surface area (TPSA) is 62.9 Å². The molecule has 6 heteroatoms. The van der Waals surface area contributed by atoms with Crippen molar-refractivity contribution >= 4 is 5.69 Å². The third-order valence-corrected chi connectivity index (χ3v) is 2.51. The Hall–Kier alpha value is -1.21. The number of anilines is 1. The van der Waals surface area contributed by atoms with Crippen molar-refractivity contribution in [3.8, 4) is 0 Å². The van der Waals surface area contributed by atoms with Crippen LogP contribution >= 0.6 is 0 Å². The fraction of sp³-hybridized carbons (Fsp3) is 0.571. The van der Waals surface area contributed by atoms with Crippen LogP contribution in [0.2, 0.25) is 0 Å². The summed E-state index contributed by atoms with van der Waals surface area (Å²) in [5, 5.41) is 0. The van der Waals surface area contributed by atoms with E-state index in [9.17, 15) is 4.39 Å². The van der Waals surface area contributed by atoms with E-state index >= 15 is 0 Å². The van der Waals surface area contributed by atoms with Gasteiger partial charge in [-0.2, -0.15) is 0 Å². The second kappa shape index (κ2) is 10.6. The molecule has 0 radical (unpaired) electrons. The lowest BCUT2D eigenvalue weighted by Gasteiger charge is -2.07. The van der Waals surface area contributed by atoms with Crippen molar-refractivity contribution in [2.45, 2.75) is 6.61 Å². The smallest absolute Gasteiger partial charge is 0.130 e. The molecular weight excluding hydrogens is 265 g/mol.